The van der Waals surface area contributed by atoms with E-state index in [4.69, 9.17) is 25.5 Å². The van der Waals surface area contributed by atoms with Crippen LogP contribution in [-0.2, 0) is 0 Å². The summed E-state index contributed by atoms with van der Waals surface area (Å²) in [5.41, 5.74) is 3.96. The van der Waals surface area contributed by atoms with Gasteiger partial charge in [-0.3, -0.25) is 0 Å². The van der Waals surface area contributed by atoms with Gasteiger partial charge in [-0.2, -0.15) is 0 Å². The molecule has 1 unspecified atom stereocenters. The molecule has 1 aliphatic rings. The average Bonchev–Trinajstić information content (AvgIpc) is 3.20. The fourth-order valence-electron chi connectivity index (χ4n) is 3.55. The maximum absolute atomic E-state index is 6.33. The van der Waals surface area contributed by atoms with Crippen LogP contribution >= 0.6 is 11.6 Å². The van der Waals surface area contributed by atoms with E-state index in [0.29, 0.717) is 5.02 Å². The minimum atomic E-state index is -0.341. The van der Waals surface area contributed by atoms with Crippen molar-refractivity contribution in [3.05, 3.63) is 95.2 Å². The molecule has 4 heteroatoms. The number of rotatable bonds is 3. The Hall–Kier alpha value is -3.17. The van der Waals surface area contributed by atoms with Gasteiger partial charge in [0.25, 0.3) is 0 Å². The maximum Gasteiger partial charge on any atom is 0.182 e. The minimum Gasteiger partial charge on any atom is -0.497 e. The van der Waals surface area contributed by atoms with Crippen LogP contribution in [0.25, 0.3) is 22.5 Å². The molecule has 3 aromatic carbocycles. The number of halogens is 1. The first-order chi connectivity index (χ1) is 13.7. The zero-order valence-corrected chi connectivity index (χ0v) is 15.9. The first kappa shape index (κ1) is 17.0. The average molecular weight is 389 g/mol. The van der Waals surface area contributed by atoms with Gasteiger partial charge in [-0.05, 0) is 36.4 Å². The van der Waals surface area contributed by atoms with E-state index in [9.17, 15) is 0 Å². The van der Waals surface area contributed by atoms with E-state index < -0.39 is 0 Å². The number of furan rings is 1. The largest absolute Gasteiger partial charge is 0.497 e. The first-order valence-electron chi connectivity index (χ1n) is 9.02. The Morgan fingerprint density at radius 1 is 0.857 bits per heavy atom. The van der Waals surface area contributed by atoms with Crippen molar-refractivity contribution in [2.45, 2.75) is 6.10 Å². The van der Waals surface area contributed by atoms with E-state index in [1.54, 1.807) is 7.11 Å². The number of hydrogen-bond acceptors (Lipinski definition) is 3. The number of methoxy groups -OCH3 is 1. The van der Waals surface area contributed by atoms with Crippen molar-refractivity contribution in [3.8, 4) is 33.9 Å². The standard InChI is InChI=1S/C24H17ClO3/c1-26-18-10-7-16(8-11-18)23-24-20(19-13-17(25)9-12-21(19)27-23)14-22(28-24)15-5-3-2-4-6-15/h2-14,23H,1H3. The van der Waals surface area contributed by atoms with E-state index in [1.165, 1.54) is 0 Å². The molecule has 1 aliphatic heterocycles. The fraction of sp³-hybridized carbons (Fsp3) is 0.0833. The molecule has 1 aromatic heterocycles. The van der Waals surface area contributed by atoms with Crippen molar-refractivity contribution in [2.24, 2.45) is 0 Å². The summed E-state index contributed by atoms with van der Waals surface area (Å²) in [6.07, 6.45) is -0.341. The number of benzene rings is 3. The molecule has 4 aromatic rings. The molecule has 0 spiro atoms. The van der Waals surface area contributed by atoms with Crippen molar-refractivity contribution in [2.75, 3.05) is 7.11 Å². The highest BCUT2D eigenvalue weighted by Crippen LogP contribution is 2.48. The molecule has 0 amide bonds. The third-order valence-corrected chi connectivity index (χ3v) is 5.19. The topological polar surface area (TPSA) is 31.6 Å². The highest BCUT2D eigenvalue weighted by molar-refractivity contribution is 6.31. The van der Waals surface area contributed by atoms with Gasteiger partial charge in [0.15, 0.2) is 11.9 Å². The summed E-state index contributed by atoms with van der Waals surface area (Å²) in [5.74, 6) is 3.17. The van der Waals surface area contributed by atoms with Gasteiger partial charge in [-0.25, -0.2) is 0 Å². The van der Waals surface area contributed by atoms with Gasteiger partial charge >= 0.3 is 0 Å². The molecule has 138 valence electrons. The Kier molecular flexibility index (Phi) is 4.10. The van der Waals surface area contributed by atoms with Gasteiger partial charge in [-0.1, -0.05) is 54.1 Å². The molecular weight excluding hydrogens is 372 g/mol. The van der Waals surface area contributed by atoms with Crippen LogP contribution in [0.15, 0.2) is 83.3 Å². The Morgan fingerprint density at radius 2 is 1.64 bits per heavy atom. The molecule has 0 radical (unpaired) electrons. The molecule has 0 N–H and O–H groups in total. The number of ether oxygens (including phenoxy) is 2. The third-order valence-electron chi connectivity index (χ3n) is 4.95. The second-order valence-electron chi connectivity index (χ2n) is 6.67. The van der Waals surface area contributed by atoms with Gasteiger partial charge in [0, 0.05) is 27.3 Å². The Labute approximate surface area is 168 Å². The highest BCUT2D eigenvalue weighted by atomic mass is 35.5. The van der Waals surface area contributed by atoms with Gasteiger partial charge < -0.3 is 13.9 Å². The molecule has 2 heterocycles. The maximum atomic E-state index is 6.33. The summed E-state index contributed by atoms with van der Waals surface area (Å²) in [4.78, 5) is 0. The number of fused-ring (bicyclic) bond motifs is 3. The summed E-state index contributed by atoms with van der Waals surface area (Å²) in [5, 5.41) is 0.665. The Morgan fingerprint density at radius 3 is 2.39 bits per heavy atom. The molecule has 1 atom stereocenters. The van der Waals surface area contributed by atoms with E-state index >= 15 is 0 Å². The van der Waals surface area contributed by atoms with Gasteiger partial charge in [0.05, 0.1) is 7.11 Å². The molecule has 0 fully saturated rings. The predicted octanol–water partition coefficient (Wildman–Crippen LogP) is 6.76. The van der Waals surface area contributed by atoms with Crippen LogP contribution < -0.4 is 9.47 Å². The molecule has 0 saturated carbocycles. The lowest BCUT2D eigenvalue weighted by Crippen LogP contribution is -2.14. The molecule has 28 heavy (non-hydrogen) atoms. The summed E-state index contributed by atoms with van der Waals surface area (Å²) < 4.78 is 17.9. The third kappa shape index (κ3) is 2.85. The summed E-state index contributed by atoms with van der Waals surface area (Å²) in [7, 11) is 1.66. The van der Waals surface area contributed by atoms with Crippen molar-refractivity contribution in [1.82, 2.24) is 0 Å². The highest BCUT2D eigenvalue weighted by Gasteiger charge is 2.32. The van der Waals surface area contributed by atoms with Crippen LogP contribution in [0.1, 0.15) is 17.4 Å². The SMILES string of the molecule is COc1ccc(C2Oc3ccc(Cl)cc3-c3cc(-c4ccccc4)oc32)cc1. The first-order valence-corrected chi connectivity index (χ1v) is 9.40. The normalized spacial score (nSPS) is 14.7. The van der Waals surface area contributed by atoms with Crippen molar-refractivity contribution in [1.29, 1.82) is 0 Å². The van der Waals surface area contributed by atoms with Crippen LogP contribution in [0, 0.1) is 0 Å². The van der Waals surface area contributed by atoms with Crippen molar-refractivity contribution >= 4 is 11.6 Å². The molecule has 5 rings (SSSR count). The van der Waals surface area contributed by atoms with Crippen LogP contribution in [0.3, 0.4) is 0 Å². The second kappa shape index (κ2) is 6.77. The van der Waals surface area contributed by atoms with Crippen LogP contribution in [-0.4, -0.2) is 7.11 Å². The smallest absolute Gasteiger partial charge is 0.182 e. The van der Waals surface area contributed by atoms with Crippen molar-refractivity contribution < 1.29 is 13.9 Å². The number of hydrogen-bond donors (Lipinski definition) is 0. The summed E-state index contributed by atoms with van der Waals surface area (Å²) in [6.45, 7) is 0. The predicted molar refractivity (Wildman–Crippen MR) is 110 cm³/mol. The Bertz CT molecular complexity index is 1130. The lowest BCUT2D eigenvalue weighted by molar-refractivity contribution is 0.212. The Balaban J connectivity index is 1.68. The van der Waals surface area contributed by atoms with Gasteiger partial charge in [0.2, 0.25) is 0 Å². The second-order valence-corrected chi connectivity index (χ2v) is 7.10. The summed E-state index contributed by atoms with van der Waals surface area (Å²) in [6, 6.07) is 25.7. The lowest BCUT2D eigenvalue weighted by Gasteiger charge is -2.25. The van der Waals surface area contributed by atoms with Crippen molar-refractivity contribution in [3.63, 3.8) is 0 Å². The van der Waals surface area contributed by atoms with Crippen LogP contribution in [0.4, 0.5) is 0 Å². The zero-order valence-electron chi connectivity index (χ0n) is 15.2. The lowest BCUT2D eigenvalue weighted by atomic mass is 9.95. The van der Waals surface area contributed by atoms with E-state index in [-0.39, 0.29) is 6.10 Å². The zero-order chi connectivity index (χ0) is 19.1. The van der Waals surface area contributed by atoms with Gasteiger partial charge in [0.1, 0.15) is 17.3 Å². The molecule has 0 bridgehead atoms. The quantitative estimate of drug-likeness (QED) is 0.388. The van der Waals surface area contributed by atoms with Crippen LogP contribution in [0.2, 0.25) is 5.02 Å². The van der Waals surface area contributed by atoms with Crippen LogP contribution in [0.5, 0.6) is 11.5 Å². The fourth-order valence-corrected chi connectivity index (χ4v) is 3.72. The van der Waals surface area contributed by atoms with Gasteiger partial charge in [-0.15, -0.1) is 0 Å². The molecule has 3 nitrogen and oxygen atoms in total. The van der Waals surface area contributed by atoms with E-state index in [1.807, 2.05) is 72.8 Å². The molecule has 0 saturated heterocycles. The monoisotopic (exact) mass is 388 g/mol. The summed E-state index contributed by atoms with van der Waals surface area (Å²) >= 11 is 6.25. The molecule has 0 aliphatic carbocycles. The minimum absolute atomic E-state index is 0.341. The van der Waals surface area contributed by atoms with E-state index in [0.717, 1.165) is 45.3 Å². The van der Waals surface area contributed by atoms with E-state index in [2.05, 4.69) is 6.07 Å². The molecular formula is C24H17ClO3.